The number of hydrogen-bond acceptors (Lipinski definition) is 0. The zero-order valence-electron chi connectivity index (χ0n) is 5.70. The molecule has 0 amide bonds. The van der Waals surface area contributed by atoms with E-state index in [1.807, 2.05) is 0 Å². The Hall–Kier alpha value is -0.390. The zero-order chi connectivity index (χ0) is 5.98. The van der Waals surface area contributed by atoms with Crippen molar-refractivity contribution in [2.45, 2.75) is 33.1 Å². The lowest BCUT2D eigenvalue weighted by Crippen LogP contribution is -1.85. The van der Waals surface area contributed by atoms with E-state index >= 15 is 0 Å². The highest BCUT2D eigenvalue weighted by molar-refractivity contribution is 5.23. The molecule has 0 spiro atoms. The molecule has 0 heteroatoms. The van der Waals surface area contributed by atoms with Crippen molar-refractivity contribution in [3.05, 3.63) is 17.6 Å². The molecule has 1 rings (SSSR count). The second-order valence-corrected chi connectivity index (χ2v) is 2.62. The van der Waals surface area contributed by atoms with Gasteiger partial charge in [0.15, 0.2) is 0 Å². The minimum atomic E-state index is 1.31. The van der Waals surface area contributed by atoms with Crippen LogP contribution in [0.5, 0.6) is 0 Å². The van der Waals surface area contributed by atoms with Crippen molar-refractivity contribution in [2.75, 3.05) is 0 Å². The van der Waals surface area contributed by atoms with Crippen LogP contribution in [0.2, 0.25) is 0 Å². The van der Waals surface area contributed by atoms with Crippen LogP contribution in [0.1, 0.15) is 33.1 Å². The lowest BCUT2D eigenvalue weighted by Gasteiger charge is -1.92. The number of hydrogen-bond donors (Lipinski definition) is 0. The summed E-state index contributed by atoms with van der Waals surface area (Å²) in [5, 5.41) is 0. The molecule has 0 saturated heterocycles. The minimum Gasteiger partial charge on any atom is -0.0243 e. The van der Waals surface area contributed by atoms with Gasteiger partial charge >= 0.3 is 0 Å². The number of rotatable bonds is 1. The molecule has 0 nitrogen and oxygen atoms in total. The highest BCUT2D eigenvalue weighted by atomic mass is 14.1. The van der Waals surface area contributed by atoms with Gasteiger partial charge in [-0.05, 0) is 6.42 Å². The van der Waals surface area contributed by atoms with Crippen molar-refractivity contribution in [1.29, 1.82) is 0 Å². The van der Waals surface area contributed by atoms with Gasteiger partial charge in [-0.15, -0.1) is 0 Å². The van der Waals surface area contributed by atoms with Gasteiger partial charge in [-0.1, -0.05) is 0 Å². The Morgan fingerprint density at radius 1 is 1.50 bits per heavy atom. The fourth-order valence-electron chi connectivity index (χ4n) is 1.12. The van der Waals surface area contributed by atoms with E-state index in [9.17, 15) is 0 Å². The van der Waals surface area contributed by atoms with Gasteiger partial charge in [-0.25, -0.2) is 0 Å². The second-order valence-electron chi connectivity index (χ2n) is 2.62. The molecule has 0 unspecified atom stereocenters. The predicted molar refractivity (Wildman–Crippen MR) is 36.5 cm³/mol. The van der Waals surface area contributed by atoms with Crippen LogP contribution < -0.4 is 0 Å². The van der Waals surface area contributed by atoms with Gasteiger partial charge in [0.25, 0.3) is 0 Å². The van der Waals surface area contributed by atoms with Crippen molar-refractivity contribution in [3.8, 4) is 0 Å². The monoisotopic (exact) mass is 109 g/mol. The fourth-order valence-corrected chi connectivity index (χ4v) is 1.12. The van der Waals surface area contributed by atoms with E-state index in [2.05, 4.69) is 19.9 Å². The zero-order valence-corrected chi connectivity index (χ0v) is 5.70. The second kappa shape index (κ2) is 2.25. The first-order valence-corrected chi connectivity index (χ1v) is 3.30. The van der Waals surface area contributed by atoms with Crippen LogP contribution in [-0.4, -0.2) is 0 Å². The Morgan fingerprint density at radius 2 is 2.25 bits per heavy atom. The first-order chi connectivity index (χ1) is 3.80. The molecule has 0 aromatic heterocycles. The largest absolute Gasteiger partial charge is 0.104 e. The molecule has 0 aromatic rings. The van der Waals surface area contributed by atoms with Crippen molar-refractivity contribution >= 4 is 0 Å². The molecule has 0 aliphatic heterocycles. The van der Waals surface area contributed by atoms with Gasteiger partial charge in [0.05, 0.1) is 5.92 Å². The van der Waals surface area contributed by atoms with Crippen LogP contribution in [0, 0.1) is 5.92 Å². The third kappa shape index (κ3) is 1.06. The lowest BCUT2D eigenvalue weighted by atomic mass is 10.0. The van der Waals surface area contributed by atoms with Gasteiger partial charge in [-0.2, -0.15) is 0 Å². The molecule has 0 aromatic carbocycles. The van der Waals surface area contributed by atoms with E-state index in [0.29, 0.717) is 0 Å². The highest BCUT2D eigenvalue weighted by Crippen LogP contribution is 2.25. The van der Waals surface area contributed by atoms with E-state index in [1.165, 1.54) is 25.2 Å². The molecule has 1 aliphatic carbocycles. The normalized spacial score (nSPS) is 18.5. The molecule has 0 heterocycles. The van der Waals surface area contributed by atoms with Crippen LogP contribution in [0.4, 0.5) is 0 Å². The molecule has 0 radical (unpaired) electrons. The first-order valence-electron chi connectivity index (χ1n) is 3.30. The Morgan fingerprint density at radius 3 is 2.50 bits per heavy atom. The quantitative estimate of drug-likeness (QED) is 0.454. The molecule has 0 atom stereocenters. The van der Waals surface area contributed by atoms with E-state index < -0.39 is 0 Å². The van der Waals surface area contributed by atoms with E-state index in [-0.39, 0.29) is 0 Å². The first kappa shape index (κ1) is 5.74. The molecule has 0 bridgehead atoms. The third-order valence-corrected chi connectivity index (χ3v) is 1.68. The van der Waals surface area contributed by atoms with Crippen molar-refractivity contribution in [3.63, 3.8) is 0 Å². The molecule has 0 fully saturated rings. The Kier molecular flexibility index (Phi) is 1.62. The fraction of sp³-hybridized carbons (Fsp3) is 0.625. The van der Waals surface area contributed by atoms with E-state index in [4.69, 9.17) is 0 Å². The standard InChI is InChI=1S/C8H13/c1-7(2)8-5-3-4-6-8/h5H,3-4,6H2,1-2H3/q+1. The molecule has 8 heavy (non-hydrogen) atoms. The summed E-state index contributed by atoms with van der Waals surface area (Å²) in [5.41, 5.74) is 1.59. The molecular formula is C8H13+. The van der Waals surface area contributed by atoms with Gasteiger partial charge in [0.1, 0.15) is 5.57 Å². The molecule has 0 saturated carbocycles. The van der Waals surface area contributed by atoms with Gasteiger partial charge in [-0.3, -0.25) is 0 Å². The van der Waals surface area contributed by atoms with Crippen molar-refractivity contribution in [1.82, 2.24) is 0 Å². The summed E-state index contributed by atoms with van der Waals surface area (Å²) >= 11 is 0. The maximum Gasteiger partial charge on any atom is 0.104 e. The SMILES string of the molecule is C[C+](C)C1=CCCC1. The van der Waals surface area contributed by atoms with Crippen molar-refractivity contribution in [2.24, 2.45) is 0 Å². The lowest BCUT2D eigenvalue weighted by molar-refractivity contribution is 0.888. The van der Waals surface area contributed by atoms with Crippen LogP contribution in [0.25, 0.3) is 0 Å². The van der Waals surface area contributed by atoms with Gasteiger partial charge in [0, 0.05) is 32.8 Å². The summed E-state index contributed by atoms with van der Waals surface area (Å²) in [6.45, 7) is 4.38. The molecule has 44 valence electrons. The average molecular weight is 109 g/mol. The van der Waals surface area contributed by atoms with E-state index in [0.717, 1.165) is 0 Å². The van der Waals surface area contributed by atoms with Gasteiger partial charge < -0.3 is 0 Å². The summed E-state index contributed by atoms with van der Waals surface area (Å²) in [5.74, 6) is 1.50. The van der Waals surface area contributed by atoms with Crippen molar-refractivity contribution < 1.29 is 0 Å². The third-order valence-electron chi connectivity index (χ3n) is 1.68. The molecule has 0 N–H and O–H groups in total. The highest BCUT2D eigenvalue weighted by Gasteiger charge is 2.16. The topological polar surface area (TPSA) is 0 Å². The summed E-state index contributed by atoms with van der Waals surface area (Å²) in [6, 6.07) is 0. The summed E-state index contributed by atoms with van der Waals surface area (Å²) in [7, 11) is 0. The Bertz CT molecular complexity index is 98.6. The van der Waals surface area contributed by atoms with Crippen LogP contribution >= 0.6 is 0 Å². The van der Waals surface area contributed by atoms with E-state index in [1.54, 1.807) is 5.57 Å². The summed E-state index contributed by atoms with van der Waals surface area (Å²) < 4.78 is 0. The Labute approximate surface area is 51.6 Å². The predicted octanol–water partition coefficient (Wildman–Crippen LogP) is 2.71. The van der Waals surface area contributed by atoms with Crippen LogP contribution in [-0.2, 0) is 0 Å². The Balaban J connectivity index is 2.45. The summed E-state index contributed by atoms with van der Waals surface area (Å²) in [4.78, 5) is 0. The smallest absolute Gasteiger partial charge is 0.0243 e. The van der Waals surface area contributed by atoms with Crippen LogP contribution in [0.3, 0.4) is 0 Å². The van der Waals surface area contributed by atoms with Gasteiger partial charge in [0.2, 0.25) is 0 Å². The number of allylic oxidation sites excluding steroid dienone is 2. The maximum atomic E-state index is 2.36. The maximum absolute atomic E-state index is 2.36. The minimum absolute atomic E-state index is 1.31. The average Bonchev–Trinajstić information content (AvgIpc) is 2.12. The summed E-state index contributed by atoms with van der Waals surface area (Å²) in [6.07, 6.45) is 6.36. The molecule has 1 aliphatic rings. The molecular weight excluding hydrogens is 96.1 g/mol. The van der Waals surface area contributed by atoms with Crippen LogP contribution in [0.15, 0.2) is 11.6 Å².